The third-order valence-corrected chi connectivity index (χ3v) is 2.97. The summed E-state index contributed by atoms with van der Waals surface area (Å²) in [6, 6.07) is 3.38. The van der Waals surface area contributed by atoms with Gasteiger partial charge in [0.1, 0.15) is 0 Å². The van der Waals surface area contributed by atoms with E-state index in [2.05, 4.69) is 0 Å². The summed E-state index contributed by atoms with van der Waals surface area (Å²) in [7, 11) is 1.66. The van der Waals surface area contributed by atoms with E-state index in [4.69, 9.17) is 11.6 Å². The van der Waals surface area contributed by atoms with Crippen molar-refractivity contribution in [2.75, 3.05) is 13.6 Å². The molecule has 0 fully saturated rings. The molecule has 1 aromatic heterocycles. The van der Waals surface area contributed by atoms with Crippen LogP contribution in [-0.4, -0.2) is 35.1 Å². The molecule has 3 nitrogen and oxygen atoms in total. The third-order valence-electron chi connectivity index (χ3n) is 1.75. The maximum atomic E-state index is 11.8. The van der Waals surface area contributed by atoms with E-state index in [0.717, 1.165) is 0 Å². The van der Waals surface area contributed by atoms with Crippen LogP contribution < -0.4 is 0 Å². The minimum atomic E-state index is -0.883. The summed E-state index contributed by atoms with van der Waals surface area (Å²) in [6.07, 6.45) is 0. The fourth-order valence-corrected chi connectivity index (χ4v) is 2.31. The average Bonchev–Trinajstić information content (AvgIpc) is 2.47. The van der Waals surface area contributed by atoms with Gasteiger partial charge in [-0.3, -0.25) is 4.79 Å². The molecule has 0 aliphatic carbocycles. The first kappa shape index (κ1) is 12.5. The van der Waals surface area contributed by atoms with Gasteiger partial charge in [0.05, 0.1) is 14.8 Å². The van der Waals surface area contributed by atoms with Crippen molar-refractivity contribution in [3.05, 3.63) is 21.3 Å². The second-order valence-electron chi connectivity index (χ2n) is 4.08. The Labute approximate surface area is 98.3 Å². The maximum Gasteiger partial charge on any atom is 0.263 e. The molecule has 84 valence electrons. The van der Waals surface area contributed by atoms with Gasteiger partial charge in [0, 0.05) is 13.6 Å². The van der Waals surface area contributed by atoms with Gasteiger partial charge in [0.2, 0.25) is 0 Å². The molecule has 0 radical (unpaired) electrons. The van der Waals surface area contributed by atoms with Crippen molar-refractivity contribution in [3.8, 4) is 0 Å². The monoisotopic (exact) mass is 247 g/mol. The number of nitrogens with zero attached hydrogens (tertiary/aromatic N) is 1. The maximum absolute atomic E-state index is 11.8. The summed E-state index contributed by atoms with van der Waals surface area (Å²) in [5.74, 6) is -0.117. The van der Waals surface area contributed by atoms with Gasteiger partial charge >= 0.3 is 0 Å². The lowest BCUT2D eigenvalue weighted by Gasteiger charge is -2.25. The van der Waals surface area contributed by atoms with Crippen LogP contribution in [0.15, 0.2) is 12.1 Å². The molecule has 1 rings (SSSR count). The summed E-state index contributed by atoms with van der Waals surface area (Å²) in [5, 5.41) is 9.57. The first-order valence-electron chi connectivity index (χ1n) is 4.53. The molecule has 1 heterocycles. The number of halogens is 1. The Morgan fingerprint density at radius 2 is 2.20 bits per heavy atom. The Morgan fingerprint density at radius 1 is 1.60 bits per heavy atom. The van der Waals surface area contributed by atoms with E-state index in [9.17, 15) is 9.90 Å². The van der Waals surface area contributed by atoms with Crippen molar-refractivity contribution in [3.63, 3.8) is 0 Å². The molecular formula is C10H14ClNO2S. The molecule has 1 aromatic rings. The van der Waals surface area contributed by atoms with Gasteiger partial charge in [0.15, 0.2) is 0 Å². The highest BCUT2D eigenvalue weighted by Crippen LogP contribution is 2.22. The molecule has 0 spiro atoms. The van der Waals surface area contributed by atoms with Crippen LogP contribution in [0.3, 0.4) is 0 Å². The highest BCUT2D eigenvalue weighted by Gasteiger charge is 2.21. The Hall–Kier alpha value is -0.580. The molecular weight excluding hydrogens is 234 g/mol. The largest absolute Gasteiger partial charge is 0.389 e. The zero-order chi connectivity index (χ0) is 11.6. The van der Waals surface area contributed by atoms with Crippen LogP contribution >= 0.6 is 22.9 Å². The summed E-state index contributed by atoms with van der Waals surface area (Å²) in [5.41, 5.74) is -0.883. The number of rotatable bonds is 3. The van der Waals surface area contributed by atoms with E-state index in [1.165, 1.54) is 16.2 Å². The van der Waals surface area contributed by atoms with E-state index in [1.54, 1.807) is 33.0 Å². The number of likely N-dealkylation sites (N-methyl/N-ethyl adjacent to an activating group) is 1. The molecule has 0 unspecified atom stereocenters. The van der Waals surface area contributed by atoms with Gasteiger partial charge in [-0.15, -0.1) is 11.3 Å². The molecule has 15 heavy (non-hydrogen) atoms. The van der Waals surface area contributed by atoms with Gasteiger partial charge in [-0.25, -0.2) is 0 Å². The SMILES string of the molecule is CN(CC(C)(C)O)C(=O)c1ccc(Cl)s1. The molecule has 0 atom stereocenters. The minimum absolute atomic E-state index is 0.117. The Balaban J connectivity index is 2.69. The highest BCUT2D eigenvalue weighted by atomic mass is 35.5. The van der Waals surface area contributed by atoms with Crippen molar-refractivity contribution < 1.29 is 9.90 Å². The Kier molecular flexibility index (Phi) is 3.76. The zero-order valence-electron chi connectivity index (χ0n) is 8.95. The minimum Gasteiger partial charge on any atom is -0.389 e. The van der Waals surface area contributed by atoms with E-state index in [-0.39, 0.29) is 5.91 Å². The lowest BCUT2D eigenvalue weighted by atomic mass is 10.1. The second-order valence-corrected chi connectivity index (χ2v) is 5.79. The standard InChI is InChI=1S/C10H14ClNO2S/c1-10(2,14)6-12(3)9(13)7-4-5-8(11)15-7/h4-5,14H,6H2,1-3H3. The summed E-state index contributed by atoms with van der Waals surface area (Å²) in [4.78, 5) is 13.9. The lowest BCUT2D eigenvalue weighted by molar-refractivity contribution is 0.0370. The van der Waals surface area contributed by atoms with E-state index in [0.29, 0.717) is 15.8 Å². The molecule has 0 bridgehead atoms. The number of carbonyl (C=O) groups excluding carboxylic acids is 1. The van der Waals surface area contributed by atoms with Gasteiger partial charge in [-0.2, -0.15) is 0 Å². The number of hydrogen-bond donors (Lipinski definition) is 1. The average molecular weight is 248 g/mol. The quantitative estimate of drug-likeness (QED) is 0.890. The van der Waals surface area contributed by atoms with Crippen molar-refractivity contribution in [1.29, 1.82) is 0 Å². The van der Waals surface area contributed by atoms with Crippen molar-refractivity contribution in [2.45, 2.75) is 19.4 Å². The van der Waals surface area contributed by atoms with E-state index >= 15 is 0 Å². The van der Waals surface area contributed by atoms with E-state index < -0.39 is 5.60 Å². The predicted molar refractivity (Wildman–Crippen MR) is 62.6 cm³/mol. The predicted octanol–water partition coefficient (Wildman–Crippen LogP) is 2.24. The van der Waals surface area contributed by atoms with Crippen LogP contribution in [0.2, 0.25) is 4.34 Å². The highest BCUT2D eigenvalue weighted by molar-refractivity contribution is 7.17. The third kappa shape index (κ3) is 3.81. The van der Waals surface area contributed by atoms with Crippen molar-refractivity contribution in [1.82, 2.24) is 4.90 Å². The number of carbonyl (C=O) groups is 1. The van der Waals surface area contributed by atoms with Crippen LogP contribution in [0.1, 0.15) is 23.5 Å². The lowest BCUT2D eigenvalue weighted by Crippen LogP contribution is -2.39. The molecule has 5 heteroatoms. The smallest absolute Gasteiger partial charge is 0.263 e. The number of thiophene rings is 1. The normalized spacial score (nSPS) is 11.5. The van der Waals surface area contributed by atoms with Crippen molar-refractivity contribution in [2.24, 2.45) is 0 Å². The first-order valence-corrected chi connectivity index (χ1v) is 5.72. The topological polar surface area (TPSA) is 40.5 Å². The van der Waals surface area contributed by atoms with Gasteiger partial charge in [0.25, 0.3) is 5.91 Å². The Bertz CT molecular complexity index is 357. The van der Waals surface area contributed by atoms with Crippen LogP contribution in [0.5, 0.6) is 0 Å². The van der Waals surface area contributed by atoms with E-state index in [1.807, 2.05) is 0 Å². The van der Waals surface area contributed by atoms with Gasteiger partial charge < -0.3 is 10.0 Å². The zero-order valence-corrected chi connectivity index (χ0v) is 10.5. The van der Waals surface area contributed by atoms with Gasteiger partial charge in [-0.05, 0) is 26.0 Å². The summed E-state index contributed by atoms with van der Waals surface area (Å²) >= 11 is 6.98. The van der Waals surface area contributed by atoms with Gasteiger partial charge in [-0.1, -0.05) is 11.6 Å². The molecule has 1 amide bonds. The molecule has 0 saturated carbocycles. The molecule has 0 aromatic carbocycles. The van der Waals surface area contributed by atoms with Crippen LogP contribution in [-0.2, 0) is 0 Å². The first-order chi connectivity index (χ1) is 6.79. The number of hydrogen-bond acceptors (Lipinski definition) is 3. The Morgan fingerprint density at radius 3 is 2.60 bits per heavy atom. The molecule has 0 aliphatic rings. The summed E-state index contributed by atoms with van der Waals surface area (Å²) < 4.78 is 0.593. The fourth-order valence-electron chi connectivity index (χ4n) is 1.27. The van der Waals surface area contributed by atoms with Crippen LogP contribution in [0.25, 0.3) is 0 Å². The fraction of sp³-hybridized carbons (Fsp3) is 0.500. The van der Waals surface area contributed by atoms with Crippen molar-refractivity contribution >= 4 is 28.8 Å². The molecule has 1 N–H and O–H groups in total. The molecule has 0 saturated heterocycles. The van der Waals surface area contributed by atoms with Crippen LogP contribution in [0.4, 0.5) is 0 Å². The van der Waals surface area contributed by atoms with Crippen LogP contribution in [0, 0.1) is 0 Å². The molecule has 0 aliphatic heterocycles. The number of aliphatic hydroxyl groups is 1. The number of amides is 1. The second kappa shape index (κ2) is 4.51. The summed E-state index contributed by atoms with van der Waals surface area (Å²) in [6.45, 7) is 3.62.